The van der Waals surface area contributed by atoms with Gasteiger partial charge in [0.05, 0.1) is 10.6 Å². The topological polar surface area (TPSA) is 110 Å². The van der Waals surface area contributed by atoms with Gasteiger partial charge < -0.3 is 11.1 Å². The Bertz CT molecular complexity index is 1210. The summed E-state index contributed by atoms with van der Waals surface area (Å²) in [6, 6.07) is 19.5. The van der Waals surface area contributed by atoms with E-state index in [1.165, 1.54) is 36.4 Å². The summed E-state index contributed by atoms with van der Waals surface area (Å²) in [7, 11) is -3.99. The summed E-state index contributed by atoms with van der Waals surface area (Å²) in [6.45, 7) is 3.23. The van der Waals surface area contributed by atoms with E-state index in [4.69, 9.17) is 5.73 Å². The molecule has 2 amide bonds. The molecule has 0 spiro atoms. The van der Waals surface area contributed by atoms with E-state index in [9.17, 15) is 18.0 Å². The van der Waals surface area contributed by atoms with Gasteiger partial charge in [0.25, 0.3) is 10.0 Å². The number of hydrogen-bond acceptors (Lipinski definition) is 4. The predicted octanol–water partition coefficient (Wildman–Crippen LogP) is 3.24. The lowest BCUT2D eigenvalue weighted by molar-refractivity contribution is -0.114. The highest BCUT2D eigenvalue weighted by atomic mass is 32.2. The Labute approximate surface area is 181 Å². The summed E-state index contributed by atoms with van der Waals surface area (Å²) in [5.74, 6) is -1.10. The van der Waals surface area contributed by atoms with Gasteiger partial charge in [0, 0.05) is 11.3 Å². The van der Waals surface area contributed by atoms with Gasteiger partial charge in [0.1, 0.15) is 6.54 Å². The average Bonchev–Trinajstić information content (AvgIpc) is 2.75. The van der Waals surface area contributed by atoms with Crippen molar-refractivity contribution in [3.05, 3.63) is 89.5 Å². The van der Waals surface area contributed by atoms with Gasteiger partial charge in [-0.2, -0.15) is 0 Å². The van der Waals surface area contributed by atoms with Crippen LogP contribution in [0.1, 0.15) is 21.5 Å². The smallest absolute Gasteiger partial charge is 0.264 e. The van der Waals surface area contributed by atoms with Gasteiger partial charge in [-0.05, 0) is 67.4 Å². The zero-order valence-electron chi connectivity index (χ0n) is 17.2. The van der Waals surface area contributed by atoms with Crippen molar-refractivity contribution in [1.82, 2.24) is 0 Å². The molecule has 3 aromatic carbocycles. The van der Waals surface area contributed by atoms with Gasteiger partial charge in [-0.3, -0.25) is 13.9 Å². The molecule has 0 aliphatic rings. The zero-order chi connectivity index (χ0) is 22.6. The Morgan fingerprint density at radius 1 is 0.935 bits per heavy atom. The summed E-state index contributed by atoms with van der Waals surface area (Å²) in [4.78, 5) is 24.1. The second-order valence-corrected chi connectivity index (χ2v) is 8.97. The number of primary amides is 1. The van der Waals surface area contributed by atoms with E-state index in [0.717, 1.165) is 15.4 Å². The SMILES string of the molecule is Cc1ccc(C)c(N(CC(=O)Nc2ccc(C(N)=O)cc2)S(=O)(=O)c2ccccc2)c1. The molecular weight excluding hydrogens is 414 g/mol. The van der Waals surface area contributed by atoms with Crippen LogP contribution in [-0.2, 0) is 14.8 Å². The van der Waals surface area contributed by atoms with Crippen molar-refractivity contribution in [2.75, 3.05) is 16.2 Å². The van der Waals surface area contributed by atoms with E-state index in [0.29, 0.717) is 16.9 Å². The highest BCUT2D eigenvalue weighted by Gasteiger charge is 2.28. The normalized spacial score (nSPS) is 11.0. The number of anilines is 2. The highest BCUT2D eigenvalue weighted by molar-refractivity contribution is 7.92. The molecule has 0 atom stereocenters. The van der Waals surface area contributed by atoms with Crippen molar-refractivity contribution < 1.29 is 18.0 Å². The quantitative estimate of drug-likeness (QED) is 0.591. The molecule has 0 bridgehead atoms. The van der Waals surface area contributed by atoms with E-state index in [1.54, 1.807) is 31.2 Å². The molecule has 0 aromatic heterocycles. The molecule has 0 saturated carbocycles. The fourth-order valence-corrected chi connectivity index (χ4v) is 4.55. The lowest BCUT2D eigenvalue weighted by Gasteiger charge is -2.26. The number of rotatable bonds is 7. The first-order valence-electron chi connectivity index (χ1n) is 9.53. The molecule has 0 aliphatic heterocycles. The average molecular weight is 438 g/mol. The summed E-state index contributed by atoms with van der Waals surface area (Å²) < 4.78 is 27.9. The molecule has 160 valence electrons. The van der Waals surface area contributed by atoms with Crippen molar-refractivity contribution in [2.24, 2.45) is 5.73 Å². The number of nitrogens with one attached hydrogen (secondary N) is 1. The van der Waals surface area contributed by atoms with Crippen LogP contribution in [0.3, 0.4) is 0 Å². The molecule has 0 radical (unpaired) electrons. The molecule has 0 heterocycles. The minimum atomic E-state index is -3.99. The maximum absolute atomic E-state index is 13.4. The lowest BCUT2D eigenvalue weighted by Crippen LogP contribution is -2.38. The molecule has 31 heavy (non-hydrogen) atoms. The molecule has 0 fully saturated rings. The second-order valence-electron chi connectivity index (χ2n) is 7.10. The fraction of sp³-hybridized carbons (Fsp3) is 0.130. The third-order valence-electron chi connectivity index (χ3n) is 4.70. The second kappa shape index (κ2) is 9.01. The van der Waals surface area contributed by atoms with Crippen LogP contribution in [0.25, 0.3) is 0 Å². The number of benzene rings is 3. The van der Waals surface area contributed by atoms with E-state index >= 15 is 0 Å². The van der Waals surface area contributed by atoms with Crippen LogP contribution in [0.15, 0.2) is 77.7 Å². The van der Waals surface area contributed by atoms with Crippen molar-refractivity contribution in [2.45, 2.75) is 18.7 Å². The fourth-order valence-electron chi connectivity index (χ4n) is 3.06. The molecule has 0 aliphatic carbocycles. The number of sulfonamides is 1. The maximum atomic E-state index is 13.4. The number of hydrogen-bond donors (Lipinski definition) is 2. The number of carbonyl (C=O) groups excluding carboxylic acids is 2. The molecule has 3 N–H and O–H groups in total. The standard InChI is InChI=1S/C23H23N3O4S/c1-16-8-9-17(2)21(14-16)26(31(29,30)20-6-4-3-5-7-20)15-22(27)25-19-12-10-18(11-13-19)23(24)28/h3-14H,15H2,1-2H3,(H2,24,28)(H,25,27). The lowest BCUT2D eigenvalue weighted by atomic mass is 10.1. The van der Waals surface area contributed by atoms with Crippen LogP contribution in [-0.4, -0.2) is 26.8 Å². The first-order chi connectivity index (χ1) is 14.7. The highest BCUT2D eigenvalue weighted by Crippen LogP contribution is 2.28. The minimum Gasteiger partial charge on any atom is -0.366 e. The van der Waals surface area contributed by atoms with Gasteiger partial charge in [-0.1, -0.05) is 30.3 Å². The Morgan fingerprint density at radius 2 is 1.58 bits per heavy atom. The monoisotopic (exact) mass is 437 g/mol. The van der Waals surface area contributed by atoms with Crippen LogP contribution in [0.2, 0.25) is 0 Å². The van der Waals surface area contributed by atoms with Crippen LogP contribution >= 0.6 is 0 Å². The van der Waals surface area contributed by atoms with Crippen LogP contribution in [0.4, 0.5) is 11.4 Å². The van der Waals surface area contributed by atoms with E-state index in [1.807, 2.05) is 19.1 Å². The Kier molecular flexibility index (Phi) is 6.41. The third-order valence-corrected chi connectivity index (χ3v) is 6.48. The van der Waals surface area contributed by atoms with Crippen LogP contribution in [0, 0.1) is 13.8 Å². The first kappa shape index (κ1) is 22.0. The summed E-state index contributed by atoms with van der Waals surface area (Å²) in [5, 5.41) is 2.67. The van der Waals surface area contributed by atoms with Crippen LogP contribution < -0.4 is 15.4 Å². The maximum Gasteiger partial charge on any atom is 0.264 e. The number of carbonyl (C=O) groups is 2. The molecule has 8 heteroatoms. The summed E-state index contributed by atoms with van der Waals surface area (Å²) >= 11 is 0. The molecule has 7 nitrogen and oxygen atoms in total. The van der Waals surface area contributed by atoms with Crippen molar-refractivity contribution in [1.29, 1.82) is 0 Å². The third kappa shape index (κ3) is 5.10. The minimum absolute atomic E-state index is 0.0921. The first-order valence-corrected chi connectivity index (χ1v) is 11.0. The number of nitrogens with zero attached hydrogens (tertiary/aromatic N) is 1. The number of amides is 2. The largest absolute Gasteiger partial charge is 0.366 e. The molecule has 0 unspecified atom stereocenters. The summed E-state index contributed by atoms with van der Waals surface area (Å²) in [5.41, 5.74) is 7.99. The zero-order valence-corrected chi connectivity index (χ0v) is 18.0. The molecule has 3 rings (SSSR count). The van der Waals surface area contributed by atoms with E-state index in [-0.39, 0.29) is 4.90 Å². The Balaban J connectivity index is 1.94. The Hall–Kier alpha value is -3.65. The van der Waals surface area contributed by atoms with E-state index in [2.05, 4.69) is 5.32 Å². The number of nitrogens with two attached hydrogens (primary N) is 1. The van der Waals surface area contributed by atoms with Gasteiger partial charge >= 0.3 is 0 Å². The van der Waals surface area contributed by atoms with Crippen molar-refractivity contribution in [3.63, 3.8) is 0 Å². The van der Waals surface area contributed by atoms with Crippen LogP contribution in [0.5, 0.6) is 0 Å². The summed E-state index contributed by atoms with van der Waals surface area (Å²) in [6.07, 6.45) is 0. The predicted molar refractivity (Wildman–Crippen MR) is 120 cm³/mol. The molecular formula is C23H23N3O4S. The van der Waals surface area contributed by atoms with Gasteiger partial charge in [0.2, 0.25) is 11.8 Å². The van der Waals surface area contributed by atoms with Gasteiger partial charge in [0.15, 0.2) is 0 Å². The van der Waals surface area contributed by atoms with Gasteiger partial charge in [-0.15, -0.1) is 0 Å². The van der Waals surface area contributed by atoms with Crippen molar-refractivity contribution >= 4 is 33.2 Å². The van der Waals surface area contributed by atoms with Gasteiger partial charge in [-0.25, -0.2) is 8.42 Å². The number of aryl methyl sites for hydroxylation is 2. The molecule has 0 saturated heterocycles. The Morgan fingerprint density at radius 3 is 2.19 bits per heavy atom. The van der Waals surface area contributed by atoms with E-state index < -0.39 is 28.4 Å². The van der Waals surface area contributed by atoms with Crippen molar-refractivity contribution in [3.8, 4) is 0 Å². The molecule has 3 aromatic rings.